The van der Waals surface area contributed by atoms with Crippen LogP contribution in [0, 0.1) is 13.8 Å². The van der Waals surface area contributed by atoms with Gasteiger partial charge in [0.2, 0.25) is 0 Å². The third kappa shape index (κ3) is 3.57. The summed E-state index contributed by atoms with van der Waals surface area (Å²) in [6, 6.07) is 2.10. The Morgan fingerprint density at radius 1 is 1.39 bits per heavy atom. The lowest BCUT2D eigenvalue weighted by molar-refractivity contribution is 0.180. The molecule has 2 amide bonds. The van der Waals surface area contributed by atoms with Crippen molar-refractivity contribution in [1.82, 2.24) is 20.1 Å². The van der Waals surface area contributed by atoms with Crippen LogP contribution in [-0.4, -0.2) is 40.1 Å². The molecule has 9 heteroatoms. The molecule has 0 bridgehead atoms. The number of hydrogen-bond acceptors (Lipinski definition) is 6. The average Bonchev–Trinajstić information content (AvgIpc) is 3.11. The number of aryl methyl sites for hydroxylation is 2. The fourth-order valence-electron chi connectivity index (χ4n) is 2.39. The molecule has 2 atom stereocenters. The van der Waals surface area contributed by atoms with Gasteiger partial charge in [-0.3, -0.25) is 10.1 Å². The predicted molar refractivity (Wildman–Crippen MR) is 85.9 cm³/mol. The highest BCUT2D eigenvalue weighted by Crippen LogP contribution is 2.19. The minimum absolute atomic E-state index is 0.214. The number of nitrogens with zero attached hydrogens (tertiary/aromatic N) is 3. The van der Waals surface area contributed by atoms with Crippen molar-refractivity contribution >= 4 is 22.5 Å². The average molecular weight is 335 g/mol. The summed E-state index contributed by atoms with van der Waals surface area (Å²) < 4.78 is 6.79. The molecule has 23 heavy (non-hydrogen) atoms. The van der Waals surface area contributed by atoms with Crippen molar-refractivity contribution in [2.45, 2.75) is 25.9 Å². The number of thiazole rings is 1. The molecular formula is C14H17N5O3S. The van der Waals surface area contributed by atoms with Gasteiger partial charge in [-0.25, -0.2) is 14.5 Å². The molecule has 1 aliphatic heterocycles. The summed E-state index contributed by atoms with van der Waals surface area (Å²) in [7, 11) is 0. The summed E-state index contributed by atoms with van der Waals surface area (Å²) in [6.45, 7) is 4.39. The van der Waals surface area contributed by atoms with E-state index >= 15 is 0 Å². The van der Waals surface area contributed by atoms with Crippen molar-refractivity contribution in [2.75, 3.05) is 18.5 Å². The van der Waals surface area contributed by atoms with E-state index in [9.17, 15) is 9.59 Å². The first-order valence-corrected chi connectivity index (χ1v) is 7.99. The van der Waals surface area contributed by atoms with Gasteiger partial charge in [-0.05, 0) is 19.9 Å². The Kier molecular flexibility index (Phi) is 4.39. The molecule has 0 aliphatic carbocycles. The van der Waals surface area contributed by atoms with Crippen LogP contribution < -0.4 is 16.2 Å². The Hall–Kier alpha value is -2.26. The number of anilines is 1. The van der Waals surface area contributed by atoms with E-state index in [1.807, 2.05) is 13.8 Å². The number of carbonyl (C=O) groups is 1. The Morgan fingerprint density at radius 3 is 2.96 bits per heavy atom. The second kappa shape index (κ2) is 6.47. The Bertz CT molecular complexity index is 772. The lowest BCUT2D eigenvalue weighted by Gasteiger charge is -2.20. The number of urea groups is 1. The molecule has 0 radical (unpaired) electrons. The number of nitrogens with one attached hydrogen (secondary N) is 2. The first-order valence-electron chi connectivity index (χ1n) is 7.17. The van der Waals surface area contributed by atoms with Crippen LogP contribution in [-0.2, 0) is 4.74 Å². The van der Waals surface area contributed by atoms with Gasteiger partial charge in [-0.1, -0.05) is 0 Å². The van der Waals surface area contributed by atoms with Gasteiger partial charge in [-0.2, -0.15) is 5.10 Å². The lowest BCUT2D eigenvalue weighted by atomic mass is 10.2. The molecule has 0 aromatic carbocycles. The van der Waals surface area contributed by atoms with Crippen LogP contribution in [0.2, 0.25) is 0 Å². The van der Waals surface area contributed by atoms with Gasteiger partial charge in [0.05, 0.1) is 24.9 Å². The molecule has 3 rings (SSSR count). The standard InChI is InChI=1S/C14H17N5O3S/c1-8-3-4-12(20)19(18-8)11-7-22-6-10(11)16-13(21)17-14-15-5-9(2)23-14/h3-5,10-11H,6-7H2,1-2H3,(H2,15,16,17,21). The zero-order chi connectivity index (χ0) is 16.4. The summed E-state index contributed by atoms with van der Waals surface area (Å²) in [6.07, 6.45) is 1.69. The molecule has 2 aromatic heterocycles. The maximum absolute atomic E-state index is 12.1. The van der Waals surface area contributed by atoms with E-state index in [4.69, 9.17) is 4.74 Å². The van der Waals surface area contributed by atoms with E-state index in [1.54, 1.807) is 12.3 Å². The van der Waals surface area contributed by atoms with Gasteiger partial charge < -0.3 is 10.1 Å². The molecule has 2 aromatic rings. The Labute approximate surface area is 136 Å². The van der Waals surface area contributed by atoms with Gasteiger partial charge in [0.1, 0.15) is 6.04 Å². The zero-order valence-corrected chi connectivity index (χ0v) is 13.6. The van der Waals surface area contributed by atoms with Crippen LogP contribution in [0.5, 0.6) is 0 Å². The number of carbonyl (C=O) groups excluding carboxylic acids is 1. The van der Waals surface area contributed by atoms with E-state index in [0.29, 0.717) is 18.3 Å². The normalized spacial score (nSPS) is 20.4. The number of amides is 2. The molecule has 1 aliphatic rings. The monoisotopic (exact) mass is 335 g/mol. The van der Waals surface area contributed by atoms with Gasteiger partial charge in [0, 0.05) is 17.1 Å². The summed E-state index contributed by atoms with van der Waals surface area (Å²) in [5.41, 5.74) is 0.520. The van der Waals surface area contributed by atoms with Gasteiger partial charge in [0.15, 0.2) is 5.13 Å². The van der Waals surface area contributed by atoms with Crippen molar-refractivity contribution in [2.24, 2.45) is 0 Å². The molecule has 3 heterocycles. The maximum Gasteiger partial charge on any atom is 0.321 e. The van der Waals surface area contributed by atoms with Crippen LogP contribution in [0.1, 0.15) is 16.6 Å². The van der Waals surface area contributed by atoms with Crippen molar-refractivity contribution < 1.29 is 9.53 Å². The highest BCUT2D eigenvalue weighted by atomic mass is 32.1. The first-order chi connectivity index (χ1) is 11.0. The summed E-state index contributed by atoms with van der Waals surface area (Å²) in [5, 5.41) is 10.3. The van der Waals surface area contributed by atoms with Crippen molar-refractivity contribution in [3.05, 3.63) is 39.3 Å². The largest absolute Gasteiger partial charge is 0.377 e. The Balaban J connectivity index is 1.70. The second-order valence-electron chi connectivity index (χ2n) is 5.34. The summed E-state index contributed by atoms with van der Waals surface area (Å²) in [4.78, 5) is 29.2. The number of aromatic nitrogens is 3. The van der Waals surface area contributed by atoms with Gasteiger partial charge >= 0.3 is 6.03 Å². The molecule has 1 fully saturated rings. The fraction of sp³-hybridized carbons (Fsp3) is 0.429. The van der Waals surface area contributed by atoms with E-state index in [1.165, 1.54) is 22.1 Å². The SMILES string of the molecule is Cc1ccc(=O)n(C2COCC2NC(=O)Nc2ncc(C)s2)n1. The van der Waals surface area contributed by atoms with Crippen LogP contribution in [0.25, 0.3) is 0 Å². The third-order valence-corrected chi connectivity index (χ3v) is 4.31. The topological polar surface area (TPSA) is 98.1 Å². The van der Waals surface area contributed by atoms with E-state index < -0.39 is 0 Å². The van der Waals surface area contributed by atoms with Gasteiger partial charge in [0.25, 0.3) is 5.56 Å². The van der Waals surface area contributed by atoms with E-state index in [2.05, 4.69) is 20.7 Å². The van der Waals surface area contributed by atoms with E-state index in [-0.39, 0.29) is 23.7 Å². The molecule has 1 saturated heterocycles. The molecule has 0 spiro atoms. The highest BCUT2D eigenvalue weighted by Gasteiger charge is 2.32. The number of hydrogen-bond donors (Lipinski definition) is 2. The van der Waals surface area contributed by atoms with Crippen LogP contribution in [0.4, 0.5) is 9.93 Å². The van der Waals surface area contributed by atoms with Crippen molar-refractivity contribution in [3.8, 4) is 0 Å². The maximum atomic E-state index is 12.1. The zero-order valence-electron chi connectivity index (χ0n) is 12.8. The molecule has 0 saturated carbocycles. The van der Waals surface area contributed by atoms with Crippen molar-refractivity contribution in [1.29, 1.82) is 0 Å². The molecule has 122 valence electrons. The Morgan fingerprint density at radius 2 is 2.22 bits per heavy atom. The molecule has 8 nitrogen and oxygen atoms in total. The first kappa shape index (κ1) is 15.6. The molecular weight excluding hydrogens is 318 g/mol. The minimum atomic E-state index is -0.374. The molecule has 2 N–H and O–H groups in total. The number of rotatable bonds is 3. The van der Waals surface area contributed by atoms with Crippen LogP contribution in [0.15, 0.2) is 23.1 Å². The van der Waals surface area contributed by atoms with E-state index in [0.717, 1.165) is 10.6 Å². The fourth-order valence-corrected chi connectivity index (χ4v) is 3.05. The predicted octanol–water partition coefficient (Wildman–Crippen LogP) is 1.08. The quantitative estimate of drug-likeness (QED) is 0.874. The molecule has 2 unspecified atom stereocenters. The van der Waals surface area contributed by atoms with Crippen LogP contribution >= 0.6 is 11.3 Å². The summed E-state index contributed by atoms with van der Waals surface area (Å²) >= 11 is 1.39. The third-order valence-electron chi connectivity index (χ3n) is 3.48. The lowest BCUT2D eigenvalue weighted by Crippen LogP contribution is -2.45. The van der Waals surface area contributed by atoms with Gasteiger partial charge in [-0.15, -0.1) is 11.3 Å². The van der Waals surface area contributed by atoms with Crippen LogP contribution in [0.3, 0.4) is 0 Å². The summed E-state index contributed by atoms with van der Waals surface area (Å²) in [5.74, 6) is 0. The highest BCUT2D eigenvalue weighted by molar-refractivity contribution is 7.15. The second-order valence-corrected chi connectivity index (χ2v) is 6.58. The van der Waals surface area contributed by atoms with Crippen molar-refractivity contribution in [3.63, 3.8) is 0 Å². The minimum Gasteiger partial charge on any atom is -0.377 e. The smallest absolute Gasteiger partial charge is 0.321 e. The number of ether oxygens (including phenoxy) is 1.